The Bertz CT molecular complexity index is 379. The molecule has 0 amide bonds. The van der Waals surface area contributed by atoms with Crippen molar-refractivity contribution in [3.05, 3.63) is 49.0 Å². The van der Waals surface area contributed by atoms with Crippen LogP contribution < -0.4 is 5.32 Å². The standard InChI is InChI=1S/C17H28N2/c1-13(2)9-7-8-10-18-15(4)12-19-16(5)11-14(3)17(19)6/h14,18H,1,4-12H2,2-3H3. The SMILES string of the molecule is C=C(C)CCCCNC(=C)CN1C(=C)CC(C)C1=C. The number of allylic oxidation sites excluding steroid dienone is 3. The van der Waals surface area contributed by atoms with Gasteiger partial charge in [0, 0.05) is 29.6 Å². The van der Waals surface area contributed by atoms with Crippen molar-refractivity contribution in [2.45, 2.75) is 39.5 Å². The molecule has 0 saturated carbocycles. The van der Waals surface area contributed by atoms with Crippen molar-refractivity contribution in [3.8, 4) is 0 Å². The monoisotopic (exact) mass is 260 g/mol. The fourth-order valence-corrected chi connectivity index (χ4v) is 2.33. The quantitative estimate of drug-likeness (QED) is 0.519. The molecule has 19 heavy (non-hydrogen) atoms. The predicted octanol–water partition coefficient (Wildman–Crippen LogP) is 4.21. The molecule has 1 unspecified atom stereocenters. The van der Waals surface area contributed by atoms with Crippen LogP contribution in [0.25, 0.3) is 0 Å². The van der Waals surface area contributed by atoms with Crippen molar-refractivity contribution in [2.75, 3.05) is 13.1 Å². The summed E-state index contributed by atoms with van der Waals surface area (Å²) in [5, 5.41) is 3.39. The van der Waals surface area contributed by atoms with E-state index in [9.17, 15) is 0 Å². The van der Waals surface area contributed by atoms with Crippen LogP contribution in [0, 0.1) is 5.92 Å². The molecule has 0 spiro atoms. The summed E-state index contributed by atoms with van der Waals surface area (Å²) in [6.07, 6.45) is 4.48. The lowest BCUT2D eigenvalue weighted by Crippen LogP contribution is -2.26. The second-order valence-corrected chi connectivity index (χ2v) is 5.69. The minimum atomic E-state index is 0.510. The molecule has 0 aromatic rings. The highest BCUT2D eigenvalue weighted by molar-refractivity contribution is 5.21. The van der Waals surface area contributed by atoms with Crippen LogP contribution in [-0.4, -0.2) is 18.0 Å². The Kier molecular flexibility index (Phi) is 5.94. The summed E-state index contributed by atoms with van der Waals surface area (Å²) in [7, 11) is 0. The highest BCUT2D eigenvalue weighted by atomic mass is 15.2. The van der Waals surface area contributed by atoms with Gasteiger partial charge in [0.15, 0.2) is 0 Å². The highest BCUT2D eigenvalue weighted by Gasteiger charge is 2.25. The fourth-order valence-electron chi connectivity index (χ4n) is 2.33. The lowest BCUT2D eigenvalue weighted by molar-refractivity contribution is 0.470. The maximum atomic E-state index is 4.14. The Morgan fingerprint density at radius 3 is 2.53 bits per heavy atom. The van der Waals surface area contributed by atoms with Gasteiger partial charge in [-0.2, -0.15) is 0 Å². The number of likely N-dealkylation sites (tertiary alicyclic amines) is 1. The van der Waals surface area contributed by atoms with Crippen molar-refractivity contribution < 1.29 is 0 Å². The molecule has 0 radical (unpaired) electrons. The zero-order valence-electron chi connectivity index (χ0n) is 12.6. The van der Waals surface area contributed by atoms with E-state index < -0.39 is 0 Å². The van der Waals surface area contributed by atoms with Crippen molar-refractivity contribution >= 4 is 0 Å². The van der Waals surface area contributed by atoms with Crippen LogP contribution in [0.2, 0.25) is 0 Å². The predicted molar refractivity (Wildman–Crippen MR) is 84.6 cm³/mol. The molecule has 2 nitrogen and oxygen atoms in total. The van der Waals surface area contributed by atoms with Gasteiger partial charge in [0.05, 0.1) is 6.54 Å². The molecule has 1 N–H and O–H groups in total. The first kappa shape index (κ1) is 15.6. The lowest BCUT2D eigenvalue weighted by atomic mass is 10.1. The summed E-state index contributed by atoms with van der Waals surface area (Å²) in [6.45, 7) is 22.3. The molecule has 2 heteroatoms. The van der Waals surface area contributed by atoms with Crippen molar-refractivity contribution in [1.29, 1.82) is 0 Å². The summed E-state index contributed by atoms with van der Waals surface area (Å²) in [4.78, 5) is 2.19. The molecule has 0 aliphatic carbocycles. The molecule has 0 aromatic carbocycles. The third-order valence-electron chi connectivity index (χ3n) is 3.59. The van der Waals surface area contributed by atoms with E-state index in [1.807, 2.05) is 0 Å². The Hall–Kier alpha value is -1.44. The van der Waals surface area contributed by atoms with Crippen LogP contribution >= 0.6 is 0 Å². The molecule has 0 aromatic heterocycles. The van der Waals surface area contributed by atoms with E-state index in [4.69, 9.17) is 0 Å². The van der Waals surface area contributed by atoms with Gasteiger partial charge in [0.1, 0.15) is 0 Å². The van der Waals surface area contributed by atoms with Crippen LogP contribution in [0.1, 0.15) is 39.5 Å². The smallest absolute Gasteiger partial charge is 0.0616 e. The lowest BCUT2D eigenvalue weighted by Gasteiger charge is -2.23. The van der Waals surface area contributed by atoms with Crippen LogP contribution in [0.3, 0.4) is 0 Å². The van der Waals surface area contributed by atoms with Gasteiger partial charge in [-0.05, 0) is 32.6 Å². The minimum Gasteiger partial charge on any atom is -0.387 e. The van der Waals surface area contributed by atoms with E-state index in [2.05, 4.69) is 50.4 Å². The zero-order valence-corrected chi connectivity index (χ0v) is 12.6. The number of nitrogens with one attached hydrogen (secondary N) is 1. The van der Waals surface area contributed by atoms with Crippen molar-refractivity contribution in [3.63, 3.8) is 0 Å². The Labute approximate surface area is 118 Å². The number of hydrogen-bond acceptors (Lipinski definition) is 2. The van der Waals surface area contributed by atoms with E-state index in [-0.39, 0.29) is 0 Å². The molecule has 1 aliphatic heterocycles. The van der Waals surface area contributed by atoms with Gasteiger partial charge in [-0.25, -0.2) is 0 Å². The Morgan fingerprint density at radius 1 is 1.32 bits per heavy atom. The van der Waals surface area contributed by atoms with Gasteiger partial charge in [-0.3, -0.25) is 0 Å². The maximum absolute atomic E-state index is 4.14. The second-order valence-electron chi connectivity index (χ2n) is 5.69. The molecule has 1 rings (SSSR count). The van der Waals surface area contributed by atoms with Crippen LogP contribution in [-0.2, 0) is 0 Å². The fraction of sp³-hybridized carbons (Fsp3) is 0.529. The van der Waals surface area contributed by atoms with Gasteiger partial charge < -0.3 is 10.2 Å². The number of unbranched alkanes of at least 4 members (excludes halogenated alkanes) is 1. The van der Waals surface area contributed by atoms with E-state index in [1.54, 1.807) is 0 Å². The molecule has 1 atom stereocenters. The summed E-state index contributed by atoms with van der Waals surface area (Å²) in [5.41, 5.74) is 4.63. The number of hydrogen-bond donors (Lipinski definition) is 1. The maximum Gasteiger partial charge on any atom is 0.0616 e. The third-order valence-corrected chi connectivity index (χ3v) is 3.59. The summed E-state index contributed by atoms with van der Waals surface area (Å²) in [5.74, 6) is 0.510. The average Bonchev–Trinajstić information content (AvgIpc) is 2.55. The first-order chi connectivity index (χ1) is 8.91. The molecule has 106 valence electrons. The third kappa shape index (κ3) is 4.98. The molecule has 0 bridgehead atoms. The molecule has 1 heterocycles. The number of rotatable bonds is 8. The van der Waals surface area contributed by atoms with Gasteiger partial charge in [-0.15, -0.1) is 6.58 Å². The van der Waals surface area contributed by atoms with Crippen molar-refractivity contribution in [1.82, 2.24) is 10.2 Å². The Balaban J connectivity index is 2.22. The molecule has 1 aliphatic rings. The zero-order chi connectivity index (χ0) is 14.4. The van der Waals surface area contributed by atoms with E-state index in [0.717, 1.165) is 49.4 Å². The molecule has 1 fully saturated rings. The minimum absolute atomic E-state index is 0.510. The van der Waals surface area contributed by atoms with Crippen LogP contribution in [0.5, 0.6) is 0 Å². The molecular formula is C17H28N2. The largest absolute Gasteiger partial charge is 0.387 e. The summed E-state index contributed by atoms with van der Waals surface area (Å²) in [6, 6.07) is 0. The first-order valence-corrected chi connectivity index (χ1v) is 7.12. The highest BCUT2D eigenvalue weighted by Crippen LogP contribution is 2.33. The molecular weight excluding hydrogens is 232 g/mol. The van der Waals surface area contributed by atoms with Gasteiger partial charge >= 0.3 is 0 Å². The van der Waals surface area contributed by atoms with E-state index in [0.29, 0.717) is 5.92 Å². The summed E-state index contributed by atoms with van der Waals surface area (Å²) < 4.78 is 0. The number of nitrogens with zero attached hydrogens (tertiary/aromatic N) is 1. The van der Waals surface area contributed by atoms with Gasteiger partial charge in [0.25, 0.3) is 0 Å². The van der Waals surface area contributed by atoms with Crippen LogP contribution in [0.4, 0.5) is 0 Å². The van der Waals surface area contributed by atoms with Gasteiger partial charge in [-0.1, -0.05) is 32.2 Å². The topological polar surface area (TPSA) is 15.3 Å². The molecule has 1 saturated heterocycles. The average molecular weight is 260 g/mol. The van der Waals surface area contributed by atoms with E-state index >= 15 is 0 Å². The normalized spacial score (nSPS) is 18.8. The van der Waals surface area contributed by atoms with Crippen LogP contribution in [0.15, 0.2) is 49.0 Å². The van der Waals surface area contributed by atoms with Crippen molar-refractivity contribution in [2.24, 2.45) is 5.92 Å². The second kappa shape index (κ2) is 7.22. The van der Waals surface area contributed by atoms with Gasteiger partial charge in [0.2, 0.25) is 0 Å². The first-order valence-electron chi connectivity index (χ1n) is 7.12. The van der Waals surface area contributed by atoms with E-state index in [1.165, 1.54) is 12.0 Å². The summed E-state index contributed by atoms with van der Waals surface area (Å²) >= 11 is 0. The Morgan fingerprint density at radius 2 is 2.00 bits per heavy atom.